The molecule has 1 aliphatic rings. The molecule has 0 amide bonds. The van der Waals surface area contributed by atoms with Gasteiger partial charge in [-0.15, -0.1) is 0 Å². The van der Waals surface area contributed by atoms with Gasteiger partial charge in [-0.05, 0) is 31.7 Å². The summed E-state index contributed by atoms with van der Waals surface area (Å²) in [6.45, 7) is 2.77. The van der Waals surface area contributed by atoms with Crippen molar-refractivity contribution in [2.75, 3.05) is 7.11 Å². The van der Waals surface area contributed by atoms with Crippen LogP contribution in [0.15, 0.2) is 18.2 Å². The molecule has 1 saturated carbocycles. The van der Waals surface area contributed by atoms with Gasteiger partial charge in [-0.3, -0.25) is 0 Å². The number of rotatable bonds is 5. The smallest absolute Gasteiger partial charge is 0.169 e. The van der Waals surface area contributed by atoms with Crippen LogP contribution in [-0.4, -0.2) is 13.2 Å². The Balaban J connectivity index is 1.93. The standard InChI is InChI=1S/C15H22FNO/c1-11(12-6-3-4-7-12)17-10-13-8-5-9-14(18-2)15(13)16/h5,8-9,11-12,17H,3-4,6-7,10H2,1-2H3/t11-/m0/s1. The lowest BCUT2D eigenvalue weighted by atomic mass is 9.99. The van der Waals surface area contributed by atoms with Gasteiger partial charge in [-0.2, -0.15) is 0 Å². The van der Waals surface area contributed by atoms with E-state index in [9.17, 15) is 4.39 Å². The number of benzene rings is 1. The molecule has 0 radical (unpaired) electrons. The van der Waals surface area contributed by atoms with E-state index in [4.69, 9.17) is 4.74 Å². The fourth-order valence-electron chi connectivity index (χ4n) is 2.75. The first-order chi connectivity index (χ1) is 8.72. The maximum absolute atomic E-state index is 13.9. The van der Waals surface area contributed by atoms with Gasteiger partial charge < -0.3 is 10.1 Å². The van der Waals surface area contributed by atoms with Crippen molar-refractivity contribution in [1.82, 2.24) is 5.32 Å². The van der Waals surface area contributed by atoms with Crippen molar-refractivity contribution in [3.05, 3.63) is 29.6 Å². The van der Waals surface area contributed by atoms with Crippen LogP contribution in [0.3, 0.4) is 0 Å². The van der Waals surface area contributed by atoms with Crippen LogP contribution >= 0.6 is 0 Å². The average molecular weight is 251 g/mol. The Kier molecular flexibility index (Phi) is 4.59. The van der Waals surface area contributed by atoms with Crippen molar-refractivity contribution in [1.29, 1.82) is 0 Å². The number of halogens is 1. The van der Waals surface area contributed by atoms with Gasteiger partial charge in [-0.1, -0.05) is 25.0 Å². The van der Waals surface area contributed by atoms with Crippen LogP contribution in [0.1, 0.15) is 38.2 Å². The van der Waals surface area contributed by atoms with E-state index in [-0.39, 0.29) is 5.82 Å². The summed E-state index contributed by atoms with van der Waals surface area (Å²) in [4.78, 5) is 0. The van der Waals surface area contributed by atoms with Gasteiger partial charge in [0, 0.05) is 18.2 Å². The molecule has 0 saturated heterocycles. The maximum atomic E-state index is 13.9. The van der Waals surface area contributed by atoms with Gasteiger partial charge in [0.25, 0.3) is 0 Å². The zero-order chi connectivity index (χ0) is 13.0. The molecule has 1 aliphatic carbocycles. The second-order valence-electron chi connectivity index (χ2n) is 5.15. The summed E-state index contributed by atoms with van der Waals surface area (Å²) in [5, 5.41) is 3.44. The summed E-state index contributed by atoms with van der Waals surface area (Å²) in [7, 11) is 1.50. The topological polar surface area (TPSA) is 21.3 Å². The first-order valence-electron chi connectivity index (χ1n) is 6.77. The molecule has 3 heteroatoms. The van der Waals surface area contributed by atoms with Crippen LogP contribution in [0.25, 0.3) is 0 Å². The largest absolute Gasteiger partial charge is 0.494 e. The predicted molar refractivity (Wildman–Crippen MR) is 71.2 cm³/mol. The third kappa shape index (κ3) is 3.02. The number of hydrogen-bond acceptors (Lipinski definition) is 2. The van der Waals surface area contributed by atoms with Crippen LogP contribution in [0.2, 0.25) is 0 Å². The van der Waals surface area contributed by atoms with Crippen molar-refractivity contribution < 1.29 is 9.13 Å². The first kappa shape index (κ1) is 13.3. The van der Waals surface area contributed by atoms with E-state index in [0.29, 0.717) is 23.9 Å². The van der Waals surface area contributed by atoms with Gasteiger partial charge in [0.15, 0.2) is 11.6 Å². The van der Waals surface area contributed by atoms with Crippen molar-refractivity contribution in [3.8, 4) is 5.75 Å². The molecule has 100 valence electrons. The van der Waals surface area contributed by atoms with Crippen molar-refractivity contribution in [2.45, 2.75) is 45.2 Å². The molecule has 2 rings (SSSR count). The molecule has 2 nitrogen and oxygen atoms in total. The number of hydrogen-bond donors (Lipinski definition) is 1. The van der Waals surface area contributed by atoms with E-state index < -0.39 is 0 Å². The monoisotopic (exact) mass is 251 g/mol. The maximum Gasteiger partial charge on any atom is 0.169 e. The Morgan fingerprint density at radius 3 is 2.78 bits per heavy atom. The third-order valence-electron chi connectivity index (χ3n) is 3.98. The van der Waals surface area contributed by atoms with Gasteiger partial charge in [0.05, 0.1) is 7.11 Å². The van der Waals surface area contributed by atoms with Crippen LogP contribution in [0.4, 0.5) is 4.39 Å². The molecule has 18 heavy (non-hydrogen) atoms. The second kappa shape index (κ2) is 6.19. The summed E-state index contributed by atoms with van der Waals surface area (Å²) in [6.07, 6.45) is 5.28. The Morgan fingerprint density at radius 1 is 1.39 bits per heavy atom. The molecule has 0 aromatic heterocycles. The van der Waals surface area contributed by atoms with Crippen LogP contribution in [0, 0.1) is 11.7 Å². The Labute approximate surface area is 109 Å². The minimum absolute atomic E-state index is 0.244. The molecule has 1 N–H and O–H groups in total. The SMILES string of the molecule is COc1cccc(CN[C@@H](C)C2CCCC2)c1F. The zero-order valence-electron chi connectivity index (χ0n) is 11.2. The molecule has 0 heterocycles. The normalized spacial score (nSPS) is 17.9. The molecule has 1 atom stereocenters. The molecule has 0 unspecified atom stereocenters. The van der Waals surface area contributed by atoms with Gasteiger partial charge in [0.1, 0.15) is 0 Å². The Bertz CT molecular complexity index is 388. The summed E-state index contributed by atoms with van der Waals surface area (Å²) in [5.41, 5.74) is 0.680. The van der Waals surface area contributed by atoms with E-state index in [1.165, 1.54) is 32.8 Å². The minimum Gasteiger partial charge on any atom is -0.494 e. The van der Waals surface area contributed by atoms with E-state index in [0.717, 1.165) is 5.92 Å². The highest BCUT2D eigenvalue weighted by molar-refractivity contribution is 5.30. The fourth-order valence-corrected chi connectivity index (χ4v) is 2.75. The van der Waals surface area contributed by atoms with Crippen molar-refractivity contribution in [2.24, 2.45) is 5.92 Å². The Morgan fingerprint density at radius 2 is 2.11 bits per heavy atom. The molecular formula is C15H22FNO. The summed E-state index contributed by atoms with van der Waals surface area (Å²) >= 11 is 0. The minimum atomic E-state index is -0.244. The van der Waals surface area contributed by atoms with Gasteiger partial charge >= 0.3 is 0 Å². The Hall–Kier alpha value is -1.09. The summed E-state index contributed by atoms with van der Waals surface area (Å²) in [5.74, 6) is 0.826. The molecule has 1 fully saturated rings. The van der Waals surface area contributed by atoms with E-state index in [2.05, 4.69) is 12.2 Å². The van der Waals surface area contributed by atoms with Gasteiger partial charge in [0.2, 0.25) is 0 Å². The number of methoxy groups -OCH3 is 1. The lowest BCUT2D eigenvalue weighted by Gasteiger charge is -2.20. The predicted octanol–water partition coefficient (Wildman–Crippen LogP) is 3.50. The molecule has 1 aromatic rings. The molecule has 1 aromatic carbocycles. The second-order valence-corrected chi connectivity index (χ2v) is 5.15. The average Bonchev–Trinajstić information content (AvgIpc) is 2.91. The molecule has 0 bridgehead atoms. The lowest BCUT2D eigenvalue weighted by Crippen LogP contribution is -2.32. The molecular weight excluding hydrogens is 229 g/mol. The lowest BCUT2D eigenvalue weighted by molar-refractivity contribution is 0.368. The number of ether oxygens (including phenoxy) is 1. The van der Waals surface area contributed by atoms with Crippen molar-refractivity contribution >= 4 is 0 Å². The van der Waals surface area contributed by atoms with Crippen LogP contribution < -0.4 is 10.1 Å². The van der Waals surface area contributed by atoms with E-state index >= 15 is 0 Å². The van der Waals surface area contributed by atoms with Crippen LogP contribution in [-0.2, 0) is 6.54 Å². The molecule has 0 spiro atoms. The first-order valence-corrected chi connectivity index (χ1v) is 6.77. The van der Waals surface area contributed by atoms with Crippen LogP contribution in [0.5, 0.6) is 5.75 Å². The quantitative estimate of drug-likeness (QED) is 0.864. The zero-order valence-corrected chi connectivity index (χ0v) is 11.2. The van der Waals surface area contributed by atoms with Crippen molar-refractivity contribution in [3.63, 3.8) is 0 Å². The number of nitrogens with one attached hydrogen (secondary N) is 1. The highest BCUT2D eigenvalue weighted by Crippen LogP contribution is 2.28. The third-order valence-corrected chi connectivity index (χ3v) is 3.98. The summed E-state index contributed by atoms with van der Waals surface area (Å²) < 4.78 is 18.9. The highest BCUT2D eigenvalue weighted by Gasteiger charge is 2.21. The summed E-state index contributed by atoms with van der Waals surface area (Å²) in [6, 6.07) is 5.75. The fraction of sp³-hybridized carbons (Fsp3) is 0.600. The van der Waals surface area contributed by atoms with E-state index in [1.807, 2.05) is 12.1 Å². The highest BCUT2D eigenvalue weighted by atomic mass is 19.1. The molecule has 0 aliphatic heterocycles. The van der Waals surface area contributed by atoms with Gasteiger partial charge in [-0.25, -0.2) is 4.39 Å². The van der Waals surface area contributed by atoms with E-state index in [1.54, 1.807) is 6.07 Å².